The van der Waals surface area contributed by atoms with Crippen LogP contribution in [0, 0.1) is 16.0 Å². The lowest BCUT2D eigenvalue weighted by atomic mass is 10.1. The number of fused-ring (bicyclic) bond motifs is 1. The van der Waals surface area contributed by atoms with E-state index in [0.717, 1.165) is 0 Å². The van der Waals surface area contributed by atoms with Gasteiger partial charge in [-0.05, 0) is 30.3 Å². The topological polar surface area (TPSA) is 93.9 Å². The number of ether oxygens (including phenoxy) is 2. The van der Waals surface area contributed by atoms with E-state index >= 15 is 0 Å². The third-order valence-electron chi connectivity index (χ3n) is 3.53. The lowest BCUT2D eigenvalue weighted by Gasteiger charge is -2.15. The Morgan fingerprint density at radius 3 is 2.71 bits per heavy atom. The first-order valence-corrected chi connectivity index (χ1v) is 7.70. The van der Waals surface area contributed by atoms with Crippen LogP contribution in [0.1, 0.15) is 19.4 Å². The molecule has 1 fully saturated rings. The molecule has 126 valence electrons. The monoisotopic (exact) mass is 349 g/mol. The predicted octanol–water partition coefficient (Wildman–Crippen LogP) is 2.04. The third-order valence-corrected chi connectivity index (χ3v) is 3.85. The van der Waals surface area contributed by atoms with Crippen LogP contribution in [0.3, 0.4) is 0 Å². The average molecular weight is 349 g/mol. The van der Waals surface area contributed by atoms with Crippen LogP contribution in [0.5, 0.6) is 11.5 Å². The molecule has 0 spiro atoms. The van der Waals surface area contributed by atoms with Crippen molar-refractivity contribution in [3.05, 3.63) is 33.5 Å². The van der Waals surface area contributed by atoms with Crippen LogP contribution in [0.25, 0.3) is 6.08 Å². The summed E-state index contributed by atoms with van der Waals surface area (Å²) in [7, 11) is 0. The average Bonchev–Trinajstić information content (AvgIpc) is 3.06. The first kappa shape index (κ1) is 16.2. The van der Waals surface area contributed by atoms with Crippen LogP contribution in [-0.4, -0.2) is 34.2 Å². The first-order valence-electron chi connectivity index (χ1n) is 7.29. The number of nitro groups is 1. The maximum atomic E-state index is 12.5. The van der Waals surface area contributed by atoms with Crippen LogP contribution >= 0.6 is 12.2 Å². The van der Waals surface area contributed by atoms with E-state index in [1.807, 2.05) is 13.8 Å². The smallest absolute Gasteiger partial charge is 0.280 e. The standard InChI is InChI=1S/C15H15N3O5S/c1-8(2)6-17-14(19)10(16-15(17)24)3-9-4-12-13(23-7-22-12)5-11(9)18(20)21/h3-5,8H,6-7H2,1-2H3,(H,16,24)/b10-3+. The summed E-state index contributed by atoms with van der Waals surface area (Å²) in [6.45, 7) is 4.43. The van der Waals surface area contributed by atoms with E-state index in [1.54, 1.807) is 0 Å². The minimum atomic E-state index is -0.530. The zero-order valence-electron chi connectivity index (χ0n) is 13.1. The number of hydrogen-bond donors (Lipinski definition) is 1. The summed E-state index contributed by atoms with van der Waals surface area (Å²) in [5.74, 6) is 0.652. The number of nitrogens with zero attached hydrogens (tertiary/aromatic N) is 2. The normalized spacial score (nSPS) is 17.8. The van der Waals surface area contributed by atoms with Crippen molar-refractivity contribution in [3.63, 3.8) is 0 Å². The largest absolute Gasteiger partial charge is 0.454 e. The van der Waals surface area contributed by atoms with Crippen molar-refractivity contribution in [1.29, 1.82) is 0 Å². The lowest BCUT2D eigenvalue weighted by molar-refractivity contribution is -0.385. The summed E-state index contributed by atoms with van der Waals surface area (Å²) in [5.41, 5.74) is 0.270. The first-order chi connectivity index (χ1) is 11.4. The van der Waals surface area contributed by atoms with E-state index < -0.39 is 4.92 Å². The maximum Gasteiger partial charge on any atom is 0.280 e. The molecule has 0 unspecified atom stereocenters. The molecule has 2 aliphatic rings. The van der Waals surface area contributed by atoms with Crippen molar-refractivity contribution in [2.75, 3.05) is 13.3 Å². The summed E-state index contributed by atoms with van der Waals surface area (Å²) in [6, 6.07) is 2.77. The van der Waals surface area contributed by atoms with Gasteiger partial charge in [0.25, 0.3) is 11.6 Å². The van der Waals surface area contributed by atoms with E-state index in [0.29, 0.717) is 23.2 Å². The molecule has 0 bridgehead atoms. The van der Waals surface area contributed by atoms with Crippen molar-refractivity contribution in [2.24, 2.45) is 5.92 Å². The molecule has 2 aliphatic heterocycles. The van der Waals surface area contributed by atoms with Crippen molar-refractivity contribution >= 4 is 35.0 Å². The van der Waals surface area contributed by atoms with Gasteiger partial charge in [-0.25, -0.2) is 0 Å². The van der Waals surface area contributed by atoms with Crippen LogP contribution in [-0.2, 0) is 4.79 Å². The van der Waals surface area contributed by atoms with Crippen molar-refractivity contribution in [1.82, 2.24) is 10.2 Å². The molecule has 24 heavy (non-hydrogen) atoms. The SMILES string of the molecule is CC(C)CN1C(=O)/C(=C\c2cc3c(cc2[N+](=O)[O-])OCO3)NC1=S. The molecule has 8 nitrogen and oxygen atoms in total. The Kier molecular flexibility index (Phi) is 4.10. The molecule has 1 N–H and O–H groups in total. The third kappa shape index (κ3) is 2.90. The molecule has 0 radical (unpaired) electrons. The van der Waals surface area contributed by atoms with E-state index in [-0.39, 0.29) is 35.6 Å². The Morgan fingerprint density at radius 1 is 1.42 bits per heavy atom. The Labute approximate surface area is 143 Å². The second kappa shape index (κ2) is 6.08. The van der Waals surface area contributed by atoms with E-state index in [2.05, 4.69) is 5.32 Å². The molecular weight excluding hydrogens is 334 g/mol. The second-order valence-corrected chi connectivity index (χ2v) is 6.21. The molecule has 1 aromatic carbocycles. The van der Waals surface area contributed by atoms with Crippen LogP contribution in [0.2, 0.25) is 0 Å². The highest BCUT2D eigenvalue weighted by atomic mass is 32.1. The van der Waals surface area contributed by atoms with Crippen molar-refractivity contribution in [3.8, 4) is 11.5 Å². The van der Waals surface area contributed by atoms with Gasteiger partial charge in [0, 0.05) is 6.54 Å². The summed E-state index contributed by atoms with van der Waals surface area (Å²) in [5, 5.41) is 14.4. The van der Waals surface area contributed by atoms with Crippen molar-refractivity contribution in [2.45, 2.75) is 13.8 Å². The quantitative estimate of drug-likeness (QED) is 0.385. The van der Waals surface area contributed by atoms with Gasteiger partial charge in [-0.3, -0.25) is 19.8 Å². The van der Waals surface area contributed by atoms with Crippen LogP contribution in [0.4, 0.5) is 5.69 Å². The lowest BCUT2D eigenvalue weighted by Crippen LogP contribution is -2.33. The number of rotatable bonds is 4. The molecule has 3 rings (SSSR count). The second-order valence-electron chi connectivity index (χ2n) is 5.82. The number of carbonyl (C=O) groups excluding carboxylic acids is 1. The zero-order valence-corrected chi connectivity index (χ0v) is 13.9. The number of nitrogens with one attached hydrogen (secondary N) is 1. The van der Waals surface area contributed by atoms with Crippen LogP contribution in [0.15, 0.2) is 17.8 Å². The fraction of sp³-hybridized carbons (Fsp3) is 0.333. The fourth-order valence-corrected chi connectivity index (χ4v) is 2.75. The van der Waals surface area contributed by atoms with E-state index in [1.165, 1.54) is 23.1 Å². The summed E-state index contributed by atoms with van der Waals surface area (Å²) < 4.78 is 10.4. The molecule has 1 saturated heterocycles. The predicted molar refractivity (Wildman–Crippen MR) is 89.5 cm³/mol. The molecule has 0 aromatic heterocycles. The molecule has 0 aliphatic carbocycles. The summed E-state index contributed by atoms with van der Waals surface area (Å²) >= 11 is 5.17. The number of nitro benzene ring substituents is 1. The van der Waals surface area contributed by atoms with Gasteiger partial charge in [0.1, 0.15) is 5.70 Å². The van der Waals surface area contributed by atoms with Gasteiger partial charge in [-0.15, -0.1) is 0 Å². The van der Waals surface area contributed by atoms with Gasteiger partial charge >= 0.3 is 0 Å². The van der Waals surface area contributed by atoms with Gasteiger partial charge in [0.2, 0.25) is 6.79 Å². The van der Waals surface area contributed by atoms with E-state index in [4.69, 9.17) is 21.7 Å². The van der Waals surface area contributed by atoms with Gasteiger partial charge in [0.05, 0.1) is 16.6 Å². The van der Waals surface area contributed by atoms with Crippen LogP contribution < -0.4 is 14.8 Å². The molecule has 9 heteroatoms. The van der Waals surface area contributed by atoms with Gasteiger partial charge in [-0.2, -0.15) is 0 Å². The summed E-state index contributed by atoms with van der Waals surface area (Å²) in [6.07, 6.45) is 1.41. The summed E-state index contributed by atoms with van der Waals surface area (Å²) in [4.78, 5) is 24.7. The highest BCUT2D eigenvalue weighted by Gasteiger charge is 2.32. The zero-order chi connectivity index (χ0) is 17.4. The minimum Gasteiger partial charge on any atom is -0.454 e. The molecule has 0 saturated carbocycles. The highest BCUT2D eigenvalue weighted by molar-refractivity contribution is 7.80. The number of benzene rings is 1. The van der Waals surface area contributed by atoms with Crippen molar-refractivity contribution < 1.29 is 19.2 Å². The van der Waals surface area contributed by atoms with E-state index in [9.17, 15) is 14.9 Å². The Bertz CT molecular complexity index is 775. The number of carbonyl (C=O) groups is 1. The fourth-order valence-electron chi connectivity index (χ4n) is 2.48. The van der Waals surface area contributed by atoms with Gasteiger partial charge in [0.15, 0.2) is 16.6 Å². The Morgan fingerprint density at radius 2 is 2.08 bits per heavy atom. The molecule has 1 amide bonds. The maximum absolute atomic E-state index is 12.5. The highest BCUT2D eigenvalue weighted by Crippen LogP contribution is 2.38. The number of amides is 1. The minimum absolute atomic E-state index is 0.00987. The molecule has 1 aromatic rings. The number of thiocarbonyl (C=S) groups is 1. The molecule has 2 heterocycles. The number of hydrogen-bond acceptors (Lipinski definition) is 6. The Balaban J connectivity index is 1.98. The molecule has 0 atom stereocenters. The molecular formula is C15H15N3O5S. The Hall–Kier alpha value is -2.68. The van der Waals surface area contributed by atoms with Gasteiger partial charge < -0.3 is 14.8 Å². The van der Waals surface area contributed by atoms with Gasteiger partial charge in [-0.1, -0.05) is 13.8 Å².